The monoisotopic (exact) mass is 260 g/mol. The van der Waals surface area contributed by atoms with E-state index in [2.05, 4.69) is 37.5 Å². The molecular formula is C16H24N2O. The number of rotatable bonds is 5. The molecule has 0 bridgehead atoms. The minimum absolute atomic E-state index is 0.0350. The van der Waals surface area contributed by atoms with E-state index in [0.717, 1.165) is 37.1 Å². The molecule has 1 aliphatic rings. The predicted octanol–water partition coefficient (Wildman–Crippen LogP) is 3.21. The number of hydrogen-bond donors (Lipinski definition) is 2. The summed E-state index contributed by atoms with van der Waals surface area (Å²) in [4.78, 5) is 12.2. The fourth-order valence-corrected chi connectivity index (χ4v) is 2.39. The second-order valence-electron chi connectivity index (χ2n) is 5.89. The Balaban J connectivity index is 1.92. The van der Waals surface area contributed by atoms with Crippen molar-refractivity contribution in [1.29, 1.82) is 0 Å². The second kappa shape index (κ2) is 6.09. The van der Waals surface area contributed by atoms with E-state index in [1.54, 1.807) is 0 Å². The Kier molecular flexibility index (Phi) is 4.46. The largest absolute Gasteiger partial charge is 0.384 e. The van der Waals surface area contributed by atoms with Crippen LogP contribution in [-0.4, -0.2) is 18.5 Å². The number of fused-ring (bicyclic) bond motifs is 1. The molecule has 1 aliphatic heterocycles. The number of carbonyl (C=O) groups is 1. The van der Waals surface area contributed by atoms with E-state index in [9.17, 15) is 4.79 Å². The van der Waals surface area contributed by atoms with E-state index >= 15 is 0 Å². The topological polar surface area (TPSA) is 41.1 Å². The molecule has 3 heteroatoms. The molecule has 1 atom stereocenters. The summed E-state index contributed by atoms with van der Waals surface area (Å²) < 4.78 is 0. The SMILES string of the molecule is CC(C)CCC(C)NC(=O)c1ccc2c(c1)NCC2. The molecule has 1 heterocycles. The molecule has 2 N–H and O–H groups in total. The van der Waals surface area contributed by atoms with Crippen LogP contribution in [0.4, 0.5) is 5.69 Å². The Labute approximate surface area is 115 Å². The van der Waals surface area contributed by atoms with Crippen molar-refractivity contribution in [3.05, 3.63) is 29.3 Å². The maximum Gasteiger partial charge on any atom is 0.251 e. The van der Waals surface area contributed by atoms with Crippen LogP contribution >= 0.6 is 0 Å². The van der Waals surface area contributed by atoms with Crippen molar-refractivity contribution >= 4 is 11.6 Å². The van der Waals surface area contributed by atoms with Gasteiger partial charge in [-0.05, 0) is 49.8 Å². The van der Waals surface area contributed by atoms with E-state index in [1.165, 1.54) is 5.56 Å². The van der Waals surface area contributed by atoms with Crippen molar-refractivity contribution in [2.45, 2.75) is 46.1 Å². The van der Waals surface area contributed by atoms with Crippen LogP contribution in [0.1, 0.15) is 49.5 Å². The van der Waals surface area contributed by atoms with E-state index in [-0.39, 0.29) is 11.9 Å². The molecule has 0 saturated carbocycles. The van der Waals surface area contributed by atoms with Gasteiger partial charge in [0.15, 0.2) is 0 Å². The van der Waals surface area contributed by atoms with Crippen LogP contribution in [0.5, 0.6) is 0 Å². The number of benzene rings is 1. The lowest BCUT2D eigenvalue weighted by molar-refractivity contribution is 0.0937. The van der Waals surface area contributed by atoms with Gasteiger partial charge in [0.2, 0.25) is 0 Å². The second-order valence-corrected chi connectivity index (χ2v) is 5.89. The number of anilines is 1. The summed E-state index contributed by atoms with van der Waals surface area (Å²) in [7, 11) is 0. The van der Waals surface area contributed by atoms with Gasteiger partial charge in [0.25, 0.3) is 5.91 Å². The van der Waals surface area contributed by atoms with Crippen LogP contribution in [-0.2, 0) is 6.42 Å². The molecule has 0 fully saturated rings. The minimum atomic E-state index is 0.0350. The first-order valence-electron chi connectivity index (χ1n) is 7.24. The molecule has 1 amide bonds. The zero-order valence-corrected chi connectivity index (χ0v) is 12.1. The molecule has 1 aromatic rings. The first-order valence-corrected chi connectivity index (χ1v) is 7.24. The summed E-state index contributed by atoms with van der Waals surface area (Å²) in [6, 6.07) is 6.18. The number of hydrogen-bond acceptors (Lipinski definition) is 2. The Hall–Kier alpha value is -1.51. The van der Waals surface area contributed by atoms with Crippen molar-refractivity contribution in [1.82, 2.24) is 5.32 Å². The van der Waals surface area contributed by atoms with E-state index in [0.29, 0.717) is 5.92 Å². The number of carbonyl (C=O) groups excluding carboxylic acids is 1. The molecular weight excluding hydrogens is 236 g/mol. The fraction of sp³-hybridized carbons (Fsp3) is 0.562. The first kappa shape index (κ1) is 13.9. The van der Waals surface area contributed by atoms with E-state index < -0.39 is 0 Å². The van der Waals surface area contributed by atoms with Crippen molar-refractivity contribution in [2.24, 2.45) is 5.92 Å². The van der Waals surface area contributed by atoms with Gasteiger partial charge in [-0.3, -0.25) is 4.79 Å². The molecule has 1 unspecified atom stereocenters. The van der Waals surface area contributed by atoms with Gasteiger partial charge in [-0.1, -0.05) is 19.9 Å². The van der Waals surface area contributed by atoms with Gasteiger partial charge in [-0.2, -0.15) is 0 Å². The van der Waals surface area contributed by atoms with Crippen molar-refractivity contribution in [2.75, 3.05) is 11.9 Å². The highest BCUT2D eigenvalue weighted by molar-refractivity contribution is 5.95. The number of nitrogens with one attached hydrogen (secondary N) is 2. The van der Waals surface area contributed by atoms with Crippen LogP contribution in [0.2, 0.25) is 0 Å². The summed E-state index contributed by atoms with van der Waals surface area (Å²) in [5.74, 6) is 0.719. The third kappa shape index (κ3) is 3.72. The smallest absolute Gasteiger partial charge is 0.251 e. The van der Waals surface area contributed by atoms with Gasteiger partial charge >= 0.3 is 0 Å². The zero-order chi connectivity index (χ0) is 13.8. The Morgan fingerprint density at radius 1 is 1.32 bits per heavy atom. The van der Waals surface area contributed by atoms with Crippen LogP contribution in [0.3, 0.4) is 0 Å². The van der Waals surface area contributed by atoms with Crippen molar-refractivity contribution in [3.63, 3.8) is 0 Å². The molecule has 0 aromatic heterocycles. The van der Waals surface area contributed by atoms with Gasteiger partial charge in [-0.15, -0.1) is 0 Å². The lowest BCUT2D eigenvalue weighted by atomic mass is 10.0. The Bertz CT molecular complexity index is 454. The highest BCUT2D eigenvalue weighted by Gasteiger charge is 2.14. The maximum absolute atomic E-state index is 12.2. The molecule has 0 saturated heterocycles. The van der Waals surface area contributed by atoms with Gasteiger partial charge in [0.05, 0.1) is 0 Å². The molecule has 3 nitrogen and oxygen atoms in total. The van der Waals surface area contributed by atoms with Crippen molar-refractivity contribution < 1.29 is 4.79 Å². The normalized spacial score (nSPS) is 14.9. The summed E-state index contributed by atoms with van der Waals surface area (Å²) in [6.45, 7) is 7.47. The molecule has 1 aromatic carbocycles. The molecule has 2 rings (SSSR count). The third-order valence-electron chi connectivity index (χ3n) is 3.64. The van der Waals surface area contributed by atoms with Gasteiger partial charge in [0.1, 0.15) is 0 Å². The fourth-order valence-electron chi connectivity index (χ4n) is 2.39. The zero-order valence-electron chi connectivity index (χ0n) is 12.1. The molecule has 0 aliphatic carbocycles. The van der Waals surface area contributed by atoms with E-state index in [1.807, 2.05) is 12.1 Å². The molecule has 19 heavy (non-hydrogen) atoms. The standard InChI is InChI=1S/C16H24N2O/c1-11(2)4-5-12(3)18-16(19)14-7-6-13-8-9-17-15(13)10-14/h6-7,10-12,17H,4-5,8-9H2,1-3H3,(H,18,19). The number of amides is 1. The molecule has 0 radical (unpaired) electrons. The van der Waals surface area contributed by atoms with Gasteiger partial charge in [-0.25, -0.2) is 0 Å². The first-order chi connectivity index (χ1) is 9.06. The van der Waals surface area contributed by atoms with Crippen LogP contribution in [0, 0.1) is 5.92 Å². The van der Waals surface area contributed by atoms with E-state index in [4.69, 9.17) is 0 Å². The maximum atomic E-state index is 12.2. The quantitative estimate of drug-likeness (QED) is 0.853. The Morgan fingerprint density at radius 3 is 2.84 bits per heavy atom. The average Bonchev–Trinajstić information content (AvgIpc) is 2.83. The molecule has 104 valence electrons. The van der Waals surface area contributed by atoms with Gasteiger partial charge in [0, 0.05) is 23.8 Å². The van der Waals surface area contributed by atoms with Crippen LogP contribution < -0.4 is 10.6 Å². The predicted molar refractivity (Wildman–Crippen MR) is 79.6 cm³/mol. The summed E-state index contributed by atoms with van der Waals surface area (Å²) in [5, 5.41) is 6.38. The highest BCUT2D eigenvalue weighted by Crippen LogP contribution is 2.23. The average molecular weight is 260 g/mol. The lowest BCUT2D eigenvalue weighted by Crippen LogP contribution is -2.32. The summed E-state index contributed by atoms with van der Waals surface area (Å²) in [6.07, 6.45) is 3.24. The summed E-state index contributed by atoms with van der Waals surface area (Å²) >= 11 is 0. The highest BCUT2D eigenvalue weighted by atomic mass is 16.1. The lowest BCUT2D eigenvalue weighted by Gasteiger charge is -2.15. The molecule has 0 spiro atoms. The van der Waals surface area contributed by atoms with Crippen LogP contribution in [0.25, 0.3) is 0 Å². The third-order valence-corrected chi connectivity index (χ3v) is 3.64. The minimum Gasteiger partial charge on any atom is -0.384 e. The van der Waals surface area contributed by atoms with Crippen molar-refractivity contribution in [3.8, 4) is 0 Å². The van der Waals surface area contributed by atoms with Crippen LogP contribution in [0.15, 0.2) is 18.2 Å². The Morgan fingerprint density at radius 2 is 2.11 bits per heavy atom. The summed E-state index contributed by atoms with van der Waals surface area (Å²) in [5.41, 5.74) is 3.18. The van der Waals surface area contributed by atoms with Gasteiger partial charge < -0.3 is 10.6 Å².